The SMILES string of the molecule is COC(=O)CCS(=O)(=O)Nc1sc2c(c1C#N)CCNC2. The third-order valence-corrected chi connectivity index (χ3v) is 5.62. The van der Waals surface area contributed by atoms with E-state index in [0.29, 0.717) is 23.5 Å². The van der Waals surface area contributed by atoms with Crippen molar-refractivity contribution in [3.8, 4) is 6.07 Å². The zero-order valence-corrected chi connectivity index (χ0v) is 13.1. The molecular formula is C12H15N3O4S2. The van der Waals surface area contributed by atoms with Gasteiger partial charge in [0.15, 0.2) is 0 Å². The van der Waals surface area contributed by atoms with Gasteiger partial charge in [-0.25, -0.2) is 8.42 Å². The number of hydrogen-bond donors (Lipinski definition) is 2. The van der Waals surface area contributed by atoms with Crippen molar-refractivity contribution in [2.24, 2.45) is 0 Å². The Bertz CT molecular complexity index is 688. The summed E-state index contributed by atoms with van der Waals surface area (Å²) in [6, 6.07) is 2.07. The Balaban J connectivity index is 2.18. The van der Waals surface area contributed by atoms with E-state index in [1.165, 1.54) is 18.4 Å². The molecule has 1 aromatic rings. The zero-order chi connectivity index (χ0) is 15.5. The Morgan fingerprint density at radius 1 is 1.57 bits per heavy atom. The molecule has 0 unspecified atom stereocenters. The van der Waals surface area contributed by atoms with Gasteiger partial charge in [-0.2, -0.15) is 5.26 Å². The summed E-state index contributed by atoms with van der Waals surface area (Å²) in [6.07, 6.45) is 0.485. The van der Waals surface area contributed by atoms with E-state index in [0.717, 1.165) is 17.0 Å². The maximum absolute atomic E-state index is 12.0. The molecule has 2 N–H and O–H groups in total. The number of nitrogens with zero attached hydrogens (tertiary/aromatic N) is 1. The van der Waals surface area contributed by atoms with Crippen LogP contribution in [-0.4, -0.2) is 33.8 Å². The van der Waals surface area contributed by atoms with Crippen molar-refractivity contribution in [3.63, 3.8) is 0 Å². The Labute approximate surface area is 127 Å². The van der Waals surface area contributed by atoms with E-state index in [2.05, 4.69) is 20.8 Å². The molecule has 9 heteroatoms. The summed E-state index contributed by atoms with van der Waals surface area (Å²) in [5.74, 6) is -0.957. The second-order valence-electron chi connectivity index (χ2n) is 4.49. The zero-order valence-electron chi connectivity index (χ0n) is 11.4. The second kappa shape index (κ2) is 6.43. The van der Waals surface area contributed by atoms with Crippen molar-refractivity contribution in [2.45, 2.75) is 19.4 Å². The molecule has 0 radical (unpaired) electrons. The minimum atomic E-state index is -3.68. The molecule has 0 saturated heterocycles. The molecular weight excluding hydrogens is 314 g/mol. The van der Waals surface area contributed by atoms with Crippen molar-refractivity contribution >= 4 is 32.3 Å². The van der Waals surface area contributed by atoms with Gasteiger partial charge in [0.2, 0.25) is 10.0 Å². The third kappa shape index (κ3) is 3.72. The number of nitrogens with one attached hydrogen (secondary N) is 2. The molecule has 2 rings (SSSR count). The van der Waals surface area contributed by atoms with Crippen molar-refractivity contribution in [2.75, 3.05) is 24.1 Å². The van der Waals surface area contributed by atoms with Gasteiger partial charge in [-0.15, -0.1) is 11.3 Å². The highest BCUT2D eigenvalue weighted by Crippen LogP contribution is 2.35. The molecule has 0 saturated carbocycles. The molecule has 0 fully saturated rings. The predicted octanol–water partition coefficient (Wildman–Crippen LogP) is 0.570. The van der Waals surface area contributed by atoms with Crippen LogP contribution in [0.4, 0.5) is 5.00 Å². The molecule has 2 heterocycles. The number of esters is 1. The van der Waals surface area contributed by atoms with Gasteiger partial charge in [0.25, 0.3) is 0 Å². The number of anilines is 1. The maximum Gasteiger partial charge on any atom is 0.306 e. The van der Waals surface area contributed by atoms with Crippen molar-refractivity contribution < 1.29 is 17.9 Å². The van der Waals surface area contributed by atoms with Gasteiger partial charge in [-0.05, 0) is 18.5 Å². The van der Waals surface area contributed by atoms with E-state index in [9.17, 15) is 18.5 Å². The smallest absolute Gasteiger partial charge is 0.306 e. The average Bonchev–Trinajstić information content (AvgIpc) is 2.80. The molecule has 0 atom stereocenters. The largest absolute Gasteiger partial charge is 0.469 e. The predicted molar refractivity (Wildman–Crippen MR) is 78.5 cm³/mol. The first-order valence-corrected chi connectivity index (χ1v) is 8.76. The molecule has 1 aliphatic rings. The summed E-state index contributed by atoms with van der Waals surface area (Å²) in [5, 5.41) is 12.8. The highest BCUT2D eigenvalue weighted by Gasteiger charge is 2.23. The summed E-state index contributed by atoms with van der Waals surface area (Å²) in [7, 11) is -2.48. The standard InChI is InChI=1S/C12H15N3O4S2/c1-19-11(16)3-5-21(17,18)15-12-9(6-13)8-2-4-14-7-10(8)20-12/h14-15H,2-5,7H2,1H3. The molecule has 7 nitrogen and oxygen atoms in total. The first-order chi connectivity index (χ1) is 9.96. The number of carbonyl (C=O) groups is 1. The van der Waals surface area contributed by atoms with Crippen LogP contribution in [0.2, 0.25) is 0 Å². The average molecular weight is 329 g/mol. The number of carbonyl (C=O) groups excluding carboxylic acids is 1. The van der Waals surface area contributed by atoms with Gasteiger partial charge < -0.3 is 10.1 Å². The second-order valence-corrected chi connectivity index (χ2v) is 7.44. The van der Waals surface area contributed by atoms with E-state index < -0.39 is 16.0 Å². The lowest BCUT2D eigenvalue weighted by Gasteiger charge is -2.11. The van der Waals surface area contributed by atoms with Crippen LogP contribution in [0, 0.1) is 11.3 Å². The number of sulfonamides is 1. The van der Waals surface area contributed by atoms with E-state index >= 15 is 0 Å². The van der Waals surface area contributed by atoms with E-state index in [-0.39, 0.29) is 12.2 Å². The fourth-order valence-corrected chi connectivity index (χ4v) is 4.53. The number of fused-ring (bicyclic) bond motifs is 1. The lowest BCUT2D eigenvalue weighted by atomic mass is 10.1. The summed E-state index contributed by atoms with van der Waals surface area (Å²) in [5.41, 5.74) is 1.30. The summed E-state index contributed by atoms with van der Waals surface area (Å²) < 4.78 is 30.8. The van der Waals surface area contributed by atoms with Crippen LogP contribution in [0.5, 0.6) is 0 Å². The van der Waals surface area contributed by atoms with Crippen LogP contribution in [0.3, 0.4) is 0 Å². The first-order valence-electron chi connectivity index (χ1n) is 6.29. The van der Waals surface area contributed by atoms with Crippen molar-refractivity contribution in [1.29, 1.82) is 5.26 Å². The Morgan fingerprint density at radius 3 is 3.00 bits per heavy atom. The highest BCUT2D eigenvalue weighted by atomic mass is 32.2. The lowest BCUT2D eigenvalue weighted by molar-refractivity contribution is -0.140. The van der Waals surface area contributed by atoms with Crippen LogP contribution in [0.15, 0.2) is 0 Å². The maximum atomic E-state index is 12.0. The van der Waals surface area contributed by atoms with E-state index in [1.807, 2.05) is 0 Å². The lowest BCUT2D eigenvalue weighted by Crippen LogP contribution is -2.22. The van der Waals surface area contributed by atoms with Crippen molar-refractivity contribution in [1.82, 2.24) is 5.32 Å². The number of rotatable bonds is 5. The topological polar surface area (TPSA) is 108 Å². The van der Waals surface area contributed by atoms with Gasteiger partial charge in [-0.3, -0.25) is 9.52 Å². The molecule has 1 aliphatic heterocycles. The van der Waals surface area contributed by atoms with Crippen molar-refractivity contribution in [3.05, 3.63) is 16.0 Å². The number of thiophene rings is 1. The molecule has 21 heavy (non-hydrogen) atoms. The van der Waals surface area contributed by atoms with Gasteiger partial charge in [0.05, 0.1) is 24.8 Å². The Kier molecular flexibility index (Phi) is 4.82. The quantitative estimate of drug-likeness (QED) is 0.765. The fraction of sp³-hybridized carbons (Fsp3) is 0.500. The van der Waals surface area contributed by atoms with Gasteiger partial charge in [0, 0.05) is 11.4 Å². The van der Waals surface area contributed by atoms with Gasteiger partial charge in [0.1, 0.15) is 11.1 Å². The summed E-state index contributed by atoms with van der Waals surface area (Å²) in [4.78, 5) is 12.0. The molecule has 0 aromatic carbocycles. The monoisotopic (exact) mass is 329 g/mol. The minimum Gasteiger partial charge on any atom is -0.469 e. The summed E-state index contributed by atoms with van der Waals surface area (Å²) >= 11 is 1.26. The molecule has 114 valence electrons. The molecule has 0 aliphatic carbocycles. The first kappa shape index (κ1) is 15.8. The number of methoxy groups -OCH3 is 1. The van der Waals surface area contributed by atoms with Crippen LogP contribution in [0.25, 0.3) is 0 Å². The highest BCUT2D eigenvalue weighted by molar-refractivity contribution is 7.92. The molecule has 1 aromatic heterocycles. The van der Waals surface area contributed by atoms with Gasteiger partial charge >= 0.3 is 5.97 Å². The number of ether oxygens (including phenoxy) is 1. The van der Waals surface area contributed by atoms with E-state index in [4.69, 9.17) is 0 Å². The molecule has 0 bridgehead atoms. The fourth-order valence-electron chi connectivity index (χ4n) is 2.04. The Hall–Kier alpha value is -1.63. The van der Waals surface area contributed by atoms with Crippen LogP contribution in [0.1, 0.15) is 22.4 Å². The number of hydrogen-bond acceptors (Lipinski definition) is 7. The van der Waals surface area contributed by atoms with Crippen LogP contribution < -0.4 is 10.0 Å². The molecule has 0 amide bonds. The van der Waals surface area contributed by atoms with Crippen LogP contribution >= 0.6 is 11.3 Å². The minimum absolute atomic E-state index is 0.222. The van der Waals surface area contributed by atoms with Crippen LogP contribution in [-0.2, 0) is 32.5 Å². The van der Waals surface area contributed by atoms with Gasteiger partial charge in [-0.1, -0.05) is 0 Å². The molecule has 0 spiro atoms. The van der Waals surface area contributed by atoms with E-state index in [1.54, 1.807) is 0 Å². The summed E-state index contributed by atoms with van der Waals surface area (Å²) in [6.45, 7) is 1.41. The third-order valence-electron chi connectivity index (χ3n) is 3.09. The number of nitriles is 1. The Morgan fingerprint density at radius 2 is 2.33 bits per heavy atom. The normalized spacial score (nSPS) is 14.1.